The van der Waals surface area contributed by atoms with E-state index in [1.807, 2.05) is 6.20 Å². The summed E-state index contributed by atoms with van der Waals surface area (Å²) in [6.07, 6.45) is 16.3. The molecule has 7 rings (SSSR count). The zero-order chi connectivity index (χ0) is 33.7. The summed E-state index contributed by atoms with van der Waals surface area (Å²) in [5.74, 6) is 2.64. The van der Waals surface area contributed by atoms with Crippen molar-refractivity contribution in [2.45, 2.75) is 95.7 Å². The number of nitrogens with one attached hydrogen (secondary N) is 2. The van der Waals surface area contributed by atoms with Crippen LogP contribution in [-0.2, 0) is 16.1 Å². The number of imidazole rings is 1. The summed E-state index contributed by atoms with van der Waals surface area (Å²) < 4.78 is 13.3. The highest BCUT2D eigenvalue weighted by atomic mass is 16.6. The van der Waals surface area contributed by atoms with Crippen LogP contribution >= 0.6 is 0 Å². The number of H-pyrrole nitrogens is 1. The van der Waals surface area contributed by atoms with Crippen LogP contribution in [0, 0.1) is 18.8 Å². The minimum Gasteiger partial charge on any atom is -0.496 e. The molecule has 10 nitrogen and oxygen atoms in total. The van der Waals surface area contributed by atoms with Gasteiger partial charge in [-0.3, -0.25) is 9.48 Å². The molecule has 0 aliphatic heterocycles. The largest absolute Gasteiger partial charge is 0.496 e. The average Bonchev–Trinajstić information content (AvgIpc) is 3.61. The van der Waals surface area contributed by atoms with Crippen molar-refractivity contribution in [1.29, 1.82) is 0 Å². The SMILES string of the molecule is COc1ccc([C@H]2CC[C@H](CN(c3cccc(-c4cnn(C5CC5)c4)c3)C(=O)[C@H]3CC[C@H](OC(=O)NCc4ncc[nH]4)CC3)CC2)cc1C. The van der Waals surface area contributed by atoms with Crippen molar-refractivity contribution in [1.82, 2.24) is 25.1 Å². The fraction of sp³-hybridized carbons (Fsp3) is 0.487. The monoisotopic (exact) mass is 664 g/mol. The molecule has 0 unspecified atom stereocenters. The summed E-state index contributed by atoms with van der Waals surface area (Å²) in [6.45, 7) is 3.11. The number of hydrogen-bond acceptors (Lipinski definition) is 6. The van der Waals surface area contributed by atoms with Crippen LogP contribution in [0.2, 0.25) is 0 Å². The first-order valence-corrected chi connectivity index (χ1v) is 18.0. The lowest BCUT2D eigenvalue weighted by atomic mass is 9.78. The molecule has 0 bridgehead atoms. The van der Waals surface area contributed by atoms with Crippen LogP contribution in [0.15, 0.2) is 67.3 Å². The number of amides is 2. The maximum atomic E-state index is 14.4. The van der Waals surface area contributed by atoms with Gasteiger partial charge in [0, 0.05) is 42.3 Å². The first-order chi connectivity index (χ1) is 23.9. The van der Waals surface area contributed by atoms with Gasteiger partial charge in [-0.1, -0.05) is 24.3 Å². The number of aryl methyl sites for hydroxylation is 1. The van der Waals surface area contributed by atoms with Gasteiger partial charge in [0.15, 0.2) is 0 Å². The minimum atomic E-state index is -0.449. The number of carbonyl (C=O) groups is 2. The molecule has 0 saturated heterocycles. The third kappa shape index (κ3) is 8.00. The van der Waals surface area contributed by atoms with Crippen molar-refractivity contribution in [2.75, 3.05) is 18.6 Å². The first kappa shape index (κ1) is 32.9. The summed E-state index contributed by atoms with van der Waals surface area (Å²) in [4.78, 5) is 36.0. The van der Waals surface area contributed by atoms with Gasteiger partial charge in [0.25, 0.3) is 0 Å². The minimum absolute atomic E-state index is 0.106. The van der Waals surface area contributed by atoms with Gasteiger partial charge in [-0.2, -0.15) is 5.10 Å². The topological polar surface area (TPSA) is 114 Å². The maximum Gasteiger partial charge on any atom is 0.407 e. The number of hydrogen-bond donors (Lipinski definition) is 2. The Morgan fingerprint density at radius 3 is 2.51 bits per heavy atom. The number of aromatic amines is 1. The second kappa shape index (κ2) is 14.9. The number of nitrogens with zero attached hydrogens (tertiary/aromatic N) is 4. The molecule has 2 heterocycles. The molecule has 0 spiro atoms. The Hall–Kier alpha value is -4.60. The predicted octanol–water partition coefficient (Wildman–Crippen LogP) is 7.72. The van der Waals surface area contributed by atoms with Gasteiger partial charge >= 0.3 is 6.09 Å². The molecular weight excluding hydrogens is 616 g/mol. The number of alkyl carbamates (subject to hydrolysis) is 1. The lowest BCUT2D eigenvalue weighted by Crippen LogP contribution is -2.42. The van der Waals surface area contributed by atoms with Crippen molar-refractivity contribution in [2.24, 2.45) is 11.8 Å². The molecule has 10 heteroatoms. The fourth-order valence-electron chi connectivity index (χ4n) is 7.69. The van der Waals surface area contributed by atoms with E-state index >= 15 is 0 Å². The highest BCUT2D eigenvalue weighted by Crippen LogP contribution is 2.40. The van der Waals surface area contributed by atoms with E-state index < -0.39 is 6.09 Å². The lowest BCUT2D eigenvalue weighted by molar-refractivity contribution is -0.124. The van der Waals surface area contributed by atoms with Gasteiger partial charge in [-0.15, -0.1) is 0 Å². The van der Waals surface area contributed by atoms with Gasteiger partial charge < -0.3 is 24.7 Å². The highest BCUT2D eigenvalue weighted by Gasteiger charge is 2.34. The van der Waals surface area contributed by atoms with Crippen molar-refractivity contribution >= 4 is 17.7 Å². The Bertz CT molecular complexity index is 1710. The highest BCUT2D eigenvalue weighted by molar-refractivity contribution is 5.95. The number of ether oxygens (including phenoxy) is 2. The summed E-state index contributed by atoms with van der Waals surface area (Å²) >= 11 is 0. The number of anilines is 1. The van der Waals surface area contributed by atoms with Gasteiger partial charge in [0.1, 0.15) is 17.7 Å². The fourth-order valence-corrected chi connectivity index (χ4v) is 7.69. The van der Waals surface area contributed by atoms with Crippen LogP contribution < -0.4 is 15.0 Å². The van der Waals surface area contributed by atoms with Crippen LogP contribution in [0.4, 0.5) is 10.5 Å². The summed E-state index contributed by atoms with van der Waals surface area (Å²) in [6, 6.07) is 15.5. The molecular formula is C39H48N6O4. The Balaban J connectivity index is 1.02. The average molecular weight is 665 g/mol. The lowest BCUT2D eigenvalue weighted by Gasteiger charge is -2.36. The third-order valence-corrected chi connectivity index (χ3v) is 10.7. The van der Waals surface area contributed by atoms with Crippen LogP contribution in [0.1, 0.15) is 93.1 Å². The van der Waals surface area contributed by atoms with Crippen molar-refractivity contribution < 1.29 is 19.1 Å². The smallest absolute Gasteiger partial charge is 0.407 e. The van der Waals surface area contributed by atoms with Gasteiger partial charge in [0.2, 0.25) is 5.91 Å². The predicted molar refractivity (Wildman–Crippen MR) is 188 cm³/mol. The first-order valence-electron chi connectivity index (χ1n) is 18.0. The van der Waals surface area contributed by atoms with Gasteiger partial charge in [-0.25, -0.2) is 9.78 Å². The Morgan fingerprint density at radius 1 is 0.980 bits per heavy atom. The number of carbonyl (C=O) groups excluding carboxylic acids is 2. The van der Waals surface area contributed by atoms with Crippen molar-refractivity contribution in [3.8, 4) is 16.9 Å². The van der Waals surface area contributed by atoms with Crippen LogP contribution in [0.5, 0.6) is 5.75 Å². The Kier molecular flexibility index (Phi) is 10.0. The van der Waals surface area contributed by atoms with Crippen molar-refractivity contribution in [3.05, 3.63) is 84.2 Å². The van der Waals surface area contributed by atoms with E-state index in [2.05, 4.69) is 85.6 Å². The van der Waals surface area contributed by atoms with E-state index in [-0.39, 0.29) is 24.5 Å². The number of methoxy groups -OCH3 is 1. The molecule has 2 aromatic heterocycles. The second-order valence-corrected chi connectivity index (χ2v) is 14.2. The van der Waals surface area contributed by atoms with E-state index in [4.69, 9.17) is 9.47 Å². The zero-order valence-electron chi connectivity index (χ0n) is 28.6. The molecule has 3 saturated carbocycles. The molecule has 0 atom stereocenters. The van der Waals surface area contributed by atoms with E-state index in [1.54, 1.807) is 19.5 Å². The van der Waals surface area contributed by atoms with Crippen molar-refractivity contribution in [3.63, 3.8) is 0 Å². The normalized spacial score (nSPS) is 22.3. The van der Waals surface area contributed by atoms with Crippen LogP contribution in [0.25, 0.3) is 11.1 Å². The molecule has 49 heavy (non-hydrogen) atoms. The number of rotatable bonds is 11. The quantitative estimate of drug-likeness (QED) is 0.170. The molecule has 2 amide bonds. The Morgan fingerprint density at radius 2 is 1.80 bits per heavy atom. The molecule has 2 aromatic carbocycles. The molecule has 2 N–H and O–H groups in total. The summed E-state index contributed by atoms with van der Waals surface area (Å²) in [7, 11) is 1.72. The van der Waals surface area contributed by atoms with E-state index in [9.17, 15) is 9.59 Å². The van der Waals surface area contributed by atoms with Crippen LogP contribution in [-0.4, -0.2) is 51.5 Å². The maximum absolute atomic E-state index is 14.4. The standard InChI is InChI=1S/C39H48N6O4/c1-26-20-31(12-17-36(26)48-2)28-8-6-27(7-9-28)24-44(34-5-3-4-30(21-34)32-22-43-45(25-32)33-13-14-33)38(46)29-10-15-35(16-11-29)49-39(47)42-23-37-40-18-19-41-37/h3-5,12,17-22,25,27-29,33,35H,6-11,13-16,23-24H2,1-2H3,(H,40,41)(H,42,47)/t27-,28-,29-,35-. The van der Waals surface area contributed by atoms with E-state index in [0.717, 1.165) is 48.2 Å². The Labute approximate surface area is 288 Å². The summed E-state index contributed by atoms with van der Waals surface area (Å²) in [5, 5.41) is 7.38. The van der Waals surface area contributed by atoms with E-state index in [1.165, 1.54) is 24.0 Å². The molecule has 3 fully saturated rings. The second-order valence-electron chi connectivity index (χ2n) is 14.2. The molecule has 0 radical (unpaired) electrons. The third-order valence-electron chi connectivity index (χ3n) is 10.7. The molecule has 3 aliphatic rings. The van der Waals surface area contributed by atoms with Gasteiger partial charge in [-0.05, 0) is 118 Å². The number of aromatic nitrogens is 4. The molecule has 258 valence electrons. The van der Waals surface area contributed by atoms with Gasteiger partial charge in [0.05, 0.1) is 25.9 Å². The molecule has 4 aromatic rings. The zero-order valence-corrected chi connectivity index (χ0v) is 28.6. The molecule has 3 aliphatic carbocycles. The van der Waals surface area contributed by atoms with E-state index in [0.29, 0.717) is 55.9 Å². The summed E-state index contributed by atoms with van der Waals surface area (Å²) in [5.41, 5.74) is 5.68. The number of benzene rings is 2. The van der Waals surface area contributed by atoms with Crippen LogP contribution in [0.3, 0.4) is 0 Å².